The van der Waals surface area contributed by atoms with Gasteiger partial charge >= 0.3 is 6.18 Å². The first-order valence-corrected chi connectivity index (χ1v) is 12.9. The summed E-state index contributed by atoms with van der Waals surface area (Å²) >= 11 is 0. The number of benzene rings is 3. The average molecular weight is 546 g/mol. The van der Waals surface area contributed by atoms with Gasteiger partial charge in [-0.05, 0) is 73.5 Å². The van der Waals surface area contributed by atoms with Crippen LogP contribution in [0.15, 0.2) is 84.0 Å². The predicted molar refractivity (Wildman–Crippen MR) is 146 cm³/mol. The first-order chi connectivity index (χ1) is 19.4. The van der Waals surface area contributed by atoms with Crippen LogP contribution >= 0.6 is 0 Å². The molecule has 204 valence electrons. The van der Waals surface area contributed by atoms with Gasteiger partial charge in [0, 0.05) is 25.1 Å². The molecule has 1 aromatic heterocycles. The number of methoxy groups -OCH3 is 1. The number of anilines is 2. The summed E-state index contributed by atoms with van der Waals surface area (Å²) in [5, 5.41) is 4.12. The van der Waals surface area contributed by atoms with Gasteiger partial charge in [-0.15, -0.1) is 0 Å². The Kier molecular flexibility index (Phi) is 6.85. The molecule has 1 aliphatic carbocycles. The van der Waals surface area contributed by atoms with E-state index in [4.69, 9.17) is 19.5 Å². The number of halogens is 3. The molecule has 0 unspecified atom stereocenters. The lowest BCUT2D eigenvalue weighted by Crippen LogP contribution is -2.23. The monoisotopic (exact) mass is 545 g/mol. The minimum absolute atomic E-state index is 0.0653. The van der Waals surface area contributed by atoms with Gasteiger partial charge in [0.05, 0.1) is 52.2 Å². The maximum Gasteiger partial charge on any atom is 0.416 e. The Morgan fingerprint density at radius 2 is 1.75 bits per heavy atom. The molecule has 3 aromatic rings. The van der Waals surface area contributed by atoms with Gasteiger partial charge < -0.3 is 19.4 Å². The molecule has 3 aliphatic rings. The molecule has 0 bridgehead atoms. The second-order valence-electron chi connectivity index (χ2n) is 9.50. The lowest BCUT2D eigenvalue weighted by Gasteiger charge is -2.22. The summed E-state index contributed by atoms with van der Waals surface area (Å²) in [4.78, 5) is 14.3. The highest BCUT2D eigenvalue weighted by Crippen LogP contribution is 2.34. The summed E-state index contributed by atoms with van der Waals surface area (Å²) in [5.41, 5.74) is 4.10. The smallest absolute Gasteiger partial charge is 0.416 e. The van der Waals surface area contributed by atoms with Crippen LogP contribution in [0.1, 0.15) is 18.4 Å². The van der Waals surface area contributed by atoms with Gasteiger partial charge in [0.25, 0.3) is 0 Å². The van der Waals surface area contributed by atoms with Gasteiger partial charge in [-0.3, -0.25) is 4.99 Å². The van der Waals surface area contributed by atoms with Gasteiger partial charge in [0.2, 0.25) is 5.88 Å². The van der Waals surface area contributed by atoms with Crippen LogP contribution in [0.5, 0.6) is 5.88 Å². The zero-order chi connectivity index (χ0) is 27.7. The lowest BCUT2D eigenvalue weighted by atomic mass is 10.1. The molecule has 0 atom stereocenters. The van der Waals surface area contributed by atoms with Gasteiger partial charge in [-0.25, -0.2) is 9.97 Å². The van der Waals surface area contributed by atoms with Crippen molar-refractivity contribution in [2.45, 2.75) is 25.1 Å². The Labute approximate surface area is 228 Å². The van der Waals surface area contributed by atoms with E-state index in [9.17, 15) is 13.2 Å². The van der Waals surface area contributed by atoms with Gasteiger partial charge in [0.1, 0.15) is 5.69 Å². The number of hydrogen-bond donors (Lipinski definition) is 1. The molecule has 3 heterocycles. The molecule has 2 aliphatic heterocycles. The normalized spacial score (nSPS) is 15.1. The number of hydrogen-bond acceptors (Lipinski definition) is 6. The summed E-state index contributed by atoms with van der Waals surface area (Å²) in [6.45, 7) is 1.28. The first-order valence-electron chi connectivity index (χ1n) is 12.9. The van der Waals surface area contributed by atoms with Crippen molar-refractivity contribution in [1.82, 2.24) is 14.5 Å². The third-order valence-electron chi connectivity index (χ3n) is 6.90. The van der Waals surface area contributed by atoms with Crippen LogP contribution < -0.4 is 15.4 Å². The van der Waals surface area contributed by atoms with Gasteiger partial charge in [-0.2, -0.15) is 13.2 Å². The van der Waals surface area contributed by atoms with Crippen molar-refractivity contribution in [2.75, 3.05) is 25.6 Å². The van der Waals surface area contributed by atoms with E-state index < -0.39 is 11.7 Å². The number of rotatable bonds is 5. The highest BCUT2D eigenvalue weighted by molar-refractivity contribution is 5.84. The summed E-state index contributed by atoms with van der Waals surface area (Å²) < 4.78 is 52.9. The summed E-state index contributed by atoms with van der Waals surface area (Å²) in [5.74, 6) is 0.436. The van der Waals surface area contributed by atoms with Crippen LogP contribution in [0.2, 0.25) is 0 Å². The highest BCUT2D eigenvalue weighted by Gasteiger charge is 2.30. The van der Waals surface area contributed by atoms with Crippen LogP contribution in [-0.4, -0.2) is 40.9 Å². The summed E-state index contributed by atoms with van der Waals surface area (Å²) in [7, 11) is 1.56. The SMILES string of the molecule is COc1ncccc1Nc1cc2nc3ccccc3n(-c3ccc(C(F)(F)F)cc3)c-2c/c1=N\C1CCOCC1. The topological polar surface area (TPSA) is 73.6 Å². The van der Waals surface area contributed by atoms with E-state index >= 15 is 0 Å². The third-order valence-corrected chi connectivity index (χ3v) is 6.90. The van der Waals surface area contributed by atoms with E-state index in [-0.39, 0.29) is 6.04 Å². The van der Waals surface area contributed by atoms with Crippen LogP contribution in [-0.2, 0) is 10.9 Å². The van der Waals surface area contributed by atoms with Crippen LogP contribution in [0.4, 0.5) is 24.5 Å². The Morgan fingerprint density at radius 3 is 2.50 bits per heavy atom. The van der Waals surface area contributed by atoms with E-state index in [1.165, 1.54) is 12.1 Å². The molecule has 40 heavy (non-hydrogen) atoms. The second-order valence-corrected chi connectivity index (χ2v) is 9.50. The maximum absolute atomic E-state index is 13.3. The van der Waals surface area contributed by atoms with E-state index in [1.807, 2.05) is 53.1 Å². The molecule has 0 spiro atoms. The lowest BCUT2D eigenvalue weighted by molar-refractivity contribution is -0.137. The fourth-order valence-electron chi connectivity index (χ4n) is 4.93. The molecular weight excluding hydrogens is 519 g/mol. The number of aromatic nitrogens is 3. The Hall–Kier alpha value is -4.44. The zero-order valence-corrected chi connectivity index (χ0v) is 21.7. The standard InChI is InChI=1S/C30H26F3N5O2/c1-39-29-23(6-4-14-34-29)37-24-17-26-28(18-25(24)35-20-12-15-40-16-13-20)38(27-7-3-2-5-22(27)36-26)21-10-8-19(9-11-21)30(31,32)33/h2-11,14,17-18,20,37H,12-13,15-16H2,1H3/b35-25+. The van der Waals surface area contributed by atoms with Crippen LogP contribution in [0, 0.1) is 0 Å². The molecule has 0 amide bonds. The largest absolute Gasteiger partial charge is 0.480 e. The Balaban J connectivity index is 1.60. The van der Waals surface area contributed by atoms with Gasteiger partial charge in [-0.1, -0.05) is 12.1 Å². The molecule has 0 radical (unpaired) electrons. The fourth-order valence-corrected chi connectivity index (χ4v) is 4.93. The number of ether oxygens (including phenoxy) is 2. The van der Waals surface area contributed by atoms with E-state index in [2.05, 4.69) is 10.3 Å². The zero-order valence-electron chi connectivity index (χ0n) is 21.7. The molecule has 0 saturated carbocycles. The van der Waals surface area contributed by atoms with E-state index in [0.29, 0.717) is 58.4 Å². The van der Waals surface area contributed by atoms with Gasteiger partial charge in [0.15, 0.2) is 0 Å². The minimum Gasteiger partial charge on any atom is -0.480 e. The van der Waals surface area contributed by atoms with Crippen molar-refractivity contribution in [3.05, 3.63) is 89.9 Å². The molecule has 6 rings (SSSR count). The maximum atomic E-state index is 13.3. The quantitative estimate of drug-likeness (QED) is 0.260. The molecule has 2 aromatic carbocycles. The van der Waals surface area contributed by atoms with Crippen molar-refractivity contribution in [1.29, 1.82) is 0 Å². The number of alkyl halides is 3. The minimum atomic E-state index is -4.42. The number of nitrogens with one attached hydrogen (secondary N) is 1. The summed E-state index contributed by atoms with van der Waals surface area (Å²) in [6.07, 6.45) is -1.18. The highest BCUT2D eigenvalue weighted by atomic mass is 19.4. The van der Waals surface area contributed by atoms with E-state index in [0.717, 1.165) is 30.5 Å². The van der Waals surface area contributed by atoms with Crippen molar-refractivity contribution in [3.8, 4) is 23.0 Å². The molecule has 1 N–H and O–H groups in total. The molecular formula is C30H26F3N5O2. The van der Waals surface area contributed by atoms with Crippen molar-refractivity contribution < 1.29 is 22.6 Å². The van der Waals surface area contributed by atoms with E-state index in [1.54, 1.807) is 13.3 Å². The van der Waals surface area contributed by atoms with Crippen molar-refractivity contribution in [2.24, 2.45) is 4.99 Å². The number of nitrogens with zero attached hydrogens (tertiary/aromatic N) is 4. The molecule has 1 saturated heterocycles. The predicted octanol–water partition coefficient (Wildman–Crippen LogP) is 6.38. The fraction of sp³-hybridized carbons (Fsp3) is 0.233. The number of fused-ring (bicyclic) bond motifs is 2. The average Bonchev–Trinajstić information content (AvgIpc) is 2.97. The van der Waals surface area contributed by atoms with Crippen molar-refractivity contribution in [3.63, 3.8) is 0 Å². The number of pyridine rings is 1. The second kappa shape index (κ2) is 10.6. The van der Waals surface area contributed by atoms with Crippen LogP contribution in [0.3, 0.4) is 0 Å². The number of para-hydroxylation sites is 2. The molecule has 1 fully saturated rings. The Morgan fingerprint density at radius 1 is 0.975 bits per heavy atom. The summed E-state index contributed by atoms with van der Waals surface area (Å²) in [6, 6.07) is 20.3. The molecule has 7 nitrogen and oxygen atoms in total. The molecule has 10 heteroatoms. The first kappa shape index (κ1) is 25.8. The Bertz CT molecular complexity index is 1690. The third kappa shape index (κ3) is 5.10. The van der Waals surface area contributed by atoms with Crippen molar-refractivity contribution >= 4 is 22.4 Å². The van der Waals surface area contributed by atoms with Crippen LogP contribution in [0.25, 0.3) is 28.1 Å².